The highest BCUT2D eigenvalue weighted by atomic mass is 35.5. The summed E-state index contributed by atoms with van der Waals surface area (Å²) in [4.78, 5) is 25.1. The molecule has 0 saturated carbocycles. The van der Waals surface area contributed by atoms with E-state index >= 15 is 0 Å². The molecule has 2 amide bonds. The maximum absolute atomic E-state index is 12.1. The van der Waals surface area contributed by atoms with E-state index in [4.69, 9.17) is 17.3 Å². The van der Waals surface area contributed by atoms with E-state index in [1.165, 1.54) is 0 Å². The minimum atomic E-state index is -0.158. The maximum atomic E-state index is 12.1. The van der Waals surface area contributed by atoms with Gasteiger partial charge in [0.2, 0.25) is 5.91 Å². The summed E-state index contributed by atoms with van der Waals surface area (Å²) in [6.45, 7) is 2.93. The summed E-state index contributed by atoms with van der Waals surface area (Å²) >= 11 is 5.83. The highest BCUT2D eigenvalue weighted by molar-refractivity contribution is 6.33. The molecular formula is C14H18ClN3O2. The van der Waals surface area contributed by atoms with Crippen LogP contribution < -0.4 is 11.1 Å². The van der Waals surface area contributed by atoms with Crippen molar-refractivity contribution in [1.82, 2.24) is 10.2 Å². The monoisotopic (exact) mass is 295 g/mol. The van der Waals surface area contributed by atoms with Crippen molar-refractivity contribution >= 4 is 29.1 Å². The molecule has 1 aromatic rings. The van der Waals surface area contributed by atoms with Crippen LogP contribution >= 0.6 is 11.6 Å². The van der Waals surface area contributed by atoms with Crippen LogP contribution in [0.15, 0.2) is 18.2 Å². The van der Waals surface area contributed by atoms with E-state index < -0.39 is 0 Å². The average Bonchev–Trinajstić information content (AvgIpc) is 2.42. The molecular weight excluding hydrogens is 278 g/mol. The molecule has 5 nitrogen and oxygen atoms in total. The molecule has 1 aliphatic rings. The lowest BCUT2D eigenvalue weighted by molar-refractivity contribution is -0.129. The van der Waals surface area contributed by atoms with E-state index in [2.05, 4.69) is 5.32 Å². The van der Waals surface area contributed by atoms with Crippen LogP contribution in [0.5, 0.6) is 0 Å². The lowest BCUT2D eigenvalue weighted by Gasteiger charge is -2.31. The van der Waals surface area contributed by atoms with E-state index in [1.807, 2.05) is 0 Å². The summed E-state index contributed by atoms with van der Waals surface area (Å²) in [5.74, 6) is -0.0742. The molecule has 20 heavy (non-hydrogen) atoms. The van der Waals surface area contributed by atoms with Crippen LogP contribution in [-0.4, -0.2) is 35.8 Å². The Morgan fingerprint density at radius 3 is 2.55 bits per heavy atom. The van der Waals surface area contributed by atoms with Gasteiger partial charge in [-0.2, -0.15) is 0 Å². The first-order chi connectivity index (χ1) is 9.47. The molecule has 0 bridgehead atoms. The Morgan fingerprint density at radius 1 is 1.35 bits per heavy atom. The third kappa shape index (κ3) is 3.42. The number of carbonyl (C=O) groups excluding carboxylic acids is 2. The smallest absolute Gasteiger partial charge is 0.251 e. The van der Waals surface area contributed by atoms with Gasteiger partial charge in [0.1, 0.15) is 0 Å². The predicted octanol–water partition coefficient (Wildman–Crippen LogP) is 1.66. The molecule has 1 aromatic carbocycles. The molecule has 0 unspecified atom stereocenters. The largest absolute Gasteiger partial charge is 0.398 e. The number of nitrogens with zero attached hydrogens (tertiary/aromatic N) is 1. The van der Waals surface area contributed by atoms with Gasteiger partial charge in [-0.3, -0.25) is 9.59 Å². The summed E-state index contributed by atoms with van der Waals surface area (Å²) < 4.78 is 0. The Balaban J connectivity index is 1.92. The van der Waals surface area contributed by atoms with Crippen molar-refractivity contribution in [2.75, 3.05) is 18.8 Å². The van der Waals surface area contributed by atoms with Gasteiger partial charge in [-0.15, -0.1) is 0 Å². The van der Waals surface area contributed by atoms with Crippen molar-refractivity contribution in [3.63, 3.8) is 0 Å². The van der Waals surface area contributed by atoms with Crippen LogP contribution in [-0.2, 0) is 4.79 Å². The first kappa shape index (κ1) is 14.7. The van der Waals surface area contributed by atoms with Crippen LogP contribution in [0.3, 0.4) is 0 Å². The van der Waals surface area contributed by atoms with Crippen molar-refractivity contribution in [3.8, 4) is 0 Å². The zero-order chi connectivity index (χ0) is 14.7. The number of carbonyl (C=O) groups is 2. The highest BCUT2D eigenvalue weighted by Crippen LogP contribution is 2.20. The zero-order valence-electron chi connectivity index (χ0n) is 11.4. The fraction of sp³-hybridized carbons (Fsp3) is 0.429. The van der Waals surface area contributed by atoms with Gasteiger partial charge >= 0.3 is 0 Å². The second-order valence-electron chi connectivity index (χ2n) is 4.99. The second-order valence-corrected chi connectivity index (χ2v) is 5.40. The number of anilines is 1. The summed E-state index contributed by atoms with van der Waals surface area (Å²) in [6.07, 6.45) is 1.54. The Hall–Kier alpha value is -1.75. The normalized spacial score (nSPS) is 16.0. The van der Waals surface area contributed by atoms with Crippen molar-refractivity contribution in [1.29, 1.82) is 0 Å². The number of hydrogen-bond donors (Lipinski definition) is 2. The number of benzene rings is 1. The topological polar surface area (TPSA) is 75.4 Å². The number of amides is 2. The Labute approximate surface area is 123 Å². The van der Waals surface area contributed by atoms with Crippen LogP contribution in [0.25, 0.3) is 0 Å². The molecule has 0 aromatic heterocycles. The highest BCUT2D eigenvalue weighted by Gasteiger charge is 2.22. The van der Waals surface area contributed by atoms with Gasteiger partial charge in [-0.25, -0.2) is 0 Å². The van der Waals surface area contributed by atoms with E-state index in [1.54, 1.807) is 30.0 Å². The van der Waals surface area contributed by atoms with E-state index in [9.17, 15) is 9.59 Å². The lowest BCUT2D eigenvalue weighted by Crippen LogP contribution is -2.46. The third-order valence-electron chi connectivity index (χ3n) is 3.53. The quantitative estimate of drug-likeness (QED) is 0.815. The van der Waals surface area contributed by atoms with Gasteiger partial charge in [0.15, 0.2) is 0 Å². The minimum Gasteiger partial charge on any atom is -0.398 e. The van der Waals surface area contributed by atoms with E-state index in [0.29, 0.717) is 29.4 Å². The van der Waals surface area contributed by atoms with Gasteiger partial charge in [-0.1, -0.05) is 11.6 Å². The van der Waals surface area contributed by atoms with Crippen molar-refractivity contribution in [3.05, 3.63) is 28.8 Å². The summed E-state index contributed by atoms with van der Waals surface area (Å²) in [5, 5.41) is 3.41. The summed E-state index contributed by atoms with van der Waals surface area (Å²) in [7, 11) is 0. The molecule has 108 valence electrons. The number of nitrogens with one attached hydrogen (secondary N) is 1. The molecule has 0 aliphatic carbocycles. The van der Waals surface area contributed by atoms with Crippen LogP contribution in [0.1, 0.15) is 30.1 Å². The fourth-order valence-electron chi connectivity index (χ4n) is 2.29. The number of halogens is 1. The molecule has 0 radical (unpaired) electrons. The van der Waals surface area contributed by atoms with E-state index in [0.717, 1.165) is 12.8 Å². The van der Waals surface area contributed by atoms with E-state index in [-0.39, 0.29) is 17.9 Å². The van der Waals surface area contributed by atoms with Crippen molar-refractivity contribution in [2.45, 2.75) is 25.8 Å². The second kappa shape index (κ2) is 6.13. The molecule has 1 saturated heterocycles. The number of piperidine rings is 1. The number of nitrogens with two attached hydrogens (primary N) is 1. The molecule has 1 aliphatic heterocycles. The van der Waals surface area contributed by atoms with Gasteiger partial charge < -0.3 is 16.0 Å². The fourth-order valence-corrected chi connectivity index (χ4v) is 2.41. The molecule has 0 spiro atoms. The maximum Gasteiger partial charge on any atom is 0.251 e. The van der Waals surface area contributed by atoms with Gasteiger partial charge in [-0.05, 0) is 31.0 Å². The first-order valence-electron chi connectivity index (χ1n) is 6.59. The van der Waals surface area contributed by atoms with Crippen molar-refractivity contribution in [2.24, 2.45) is 0 Å². The standard InChI is InChI=1S/C14H18ClN3O2/c1-9(19)18-6-4-11(5-7-18)17-14(20)10-2-3-12(15)13(16)8-10/h2-3,8,11H,4-7,16H2,1H3,(H,17,20). The number of likely N-dealkylation sites (tertiary alicyclic amines) is 1. The Kier molecular flexibility index (Phi) is 4.49. The Bertz CT molecular complexity index is 525. The van der Waals surface area contributed by atoms with Gasteiger partial charge in [0, 0.05) is 31.6 Å². The molecule has 1 fully saturated rings. The SMILES string of the molecule is CC(=O)N1CCC(NC(=O)c2ccc(Cl)c(N)c2)CC1. The van der Waals surface area contributed by atoms with Gasteiger partial charge in [0.05, 0.1) is 10.7 Å². The number of nitrogen functional groups attached to an aromatic ring is 1. The molecule has 0 atom stereocenters. The van der Waals surface area contributed by atoms with Crippen molar-refractivity contribution < 1.29 is 9.59 Å². The van der Waals surface area contributed by atoms with Gasteiger partial charge in [0.25, 0.3) is 5.91 Å². The number of hydrogen-bond acceptors (Lipinski definition) is 3. The summed E-state index contributed by atoms with van der Waals surface area (Å²) in [5.41, 5.74) is 6.58. The molecule has 6 heteroatoms. The molecule has 2 rings (SSSR count). The average molecular weight is 296 g/mol. The molecule has 1 heterocycles. The van der Waals surface area contributed by atoms with Crippen LogP contribution in [0.4, 0.5) is 5.69 Å². The summed E-state index contributed by atoms with van der Waals surface area (Å²) in [6, 6.07) is 4.93. The predicted molar refractivity (Wildman–Crippen MR) is 78.6 cm³/mol. The number of rotatable bonds is 2. The van der Waals surface area contributed by atoms with Crippen LogP contribution in [0.2, 0.25) is 5.02 Å². The Morgan fingerprint density at radius 2 is 2.00 bits per heavy atom. The lowest BCUT2D eigenvalue weighted by atomic mass is 10.0. The molecule has 3 N–H and O–H groups in total. The van der Waals surface area contributed by atoms with Crippen LogP contribution in [0, 0.1) is 0 Å². The minimum absolute atomic E-state index is 0.0836. The first-order valence-corrected chi connectivity index (χ1v) is 6.96. The zero-order valence-corrected chi connectivity index (χ0v) is 12.1. The third-order valence-corrected chi connectivity index (χ3v) is 3.88.